The maximum absolute atomic E-state index is 12.5. The lowest BCUT2D eigenvalue weighted by atomic mass is 10.0. The number of rotatable bonds is 66. The predicted octanol–water partition coefficient (Wildman–Crippen LogP) is 22.5. The van der Waals surface area contributed by atoms with Crippen LogP contribution in [0.3, 0.4) is 0 Å². The average molecular weight is 1080 g/mol. The maximum atomic E-state index is 12.5. The van der Waals surface area contributed by atoms with Gasteiger partial charge in [0.1, 0.15) is 0 Å². The molecule has 77 heavy (non-hydrogen) atoms. The molecule has 6 heteroatoms. The molecule has 0 spiro atoms. The topological polar surface area (TPSA) is 95.9 Å². The van der Waals surface area contributed by atoms with Crippen LogP contribution in [0, 0.1) is 0 Å². The van der Waals surface area contributed by atoms with E-state index in [9.17, 15) is 19.8 Å². The summed E-state index contributed by atoms with van der Waals surface area (Å²) in [6, 6.07) is -0.536. The lowest BCUT2D eigenvalue weighted by Crippen LogP contribution is -2.45. The van der Waals surface area contributed by atoms with Gasteiger partial charge in [0.2, 0.25) is 5.91 Å². The molecule has 6 nitrogen and oxygen atoms in total. The Balaban J connectivity index is 3.30. The molecule has 0 rings (SSSR count). The fourth-order valence-corrected chi connectivity index (χ4v) is 11.1. The minimum atomic E-state index is -0.659. The summed E-state index contributed by atoms with van der Waals surface area (Å²) in [7, 11) is 0. The van der Waals surface area contributed by atoms with Crippen molar-refractivity contribution in [2.24, 2.45) is 0 Å². The van der Waals surface area contributed by atoms with Crippen molar-refractivity contribution in [1.82, 2.24) is 5.32 Å². The van der Waals surface area contributed by atoms with Crippen molar-refractivity contribution in [1.29, 1.82) is 0 Å². The van der Waals surface area contributed by atoms with Gasteiger partial charge in [0.15, 0.2) is 0 Å². The predicted molar refractivity (Wildman–Crippen MR) is 338 cm³/mol. The van der Waals surface area contributed by atoms with Gasteiger partial charge in [-0.25, -0.2) is 0 Å². The monoisotopic (exact) mass is 1080 g/mol. The second kappa shape index (κ2) is 66.8. The third-order valence-electron chi connectivity index (χ3n) is 16.5. The van der Waals surface area contributed by atoms with E-state index in [0.29, 0.717) is 25.9 Å². The first kappa shape index (κ1) is 75.3. The van der Waals surface area contributed by atoms with Gasteiger partial charge in [-0.3, -0.25) is 9.59 Å². The van der Waals surface area contributed by atoms with Gasteiger partial charge in [-0.2, -0.15) is 0 Å². The van der Waals surface area contributed by atoms with E-state index in [1.807, 2.05) is 0 Å². The van der Waals surface area contributed by atoms with Crippen LogP contribution in [0.2, 0.25) is 0 Å². The highest BCUT2D eigenvalue weighted by atomic mass is 16.5. The highest BCUT2D eigenvalue weighted by Gasteiger charge is 2.20. The summed E-state index contributed by atoms with van der Waals surface area (Å²) < 4.78 is 5.49. The first-order valence-electron chi connectivity index (χ1n) is 35.1. The number of unbranched alkanes of at least 4 members (excludes halogenated alkanes) is 51. The summed E-state index contributed by atoms with van der Waals surface area (Å²) in [4.78, 5) is 24.6. The van der Waals surface area contributed by atoms with Gasteiger partial charge < -0.3 is 20.3 Å². The molecule has 0 aromatic carbocycles. The van der Waals surface area contributed by atoms with Gasteiger partial charge in [-0.05, 0) is 57.8 Å². The lowest BCUT2D eigenvalue weighted by molar-refractivity contribution is -0.143. The maximum Gasteiger partial charge on any atom is 0.305 e. The third kappa shape index (κ3) is 63.4. The SMILES string of the molecule is CCCCCC/C=C\C/C=C\CCCCCCCC(=O)OCCCCCCCCCCCCCCCCCCCCCCCCCCCCCCCCCCC(=O)NC(CO)C(O)CCCCCCCCCCCCCC. The first-order valence-corrected chi connectivity index (χ1v) is 35.1. The summed E-state index contributed by atoms with van der Waals surface area (Å²) in [5.41, 5.74) is 0. The highest BCUT2D eigenvalue weighted by molar-refractivity contribution is 5.76. The van der Waals surface area contributed by atoms with Gasteiger partial charge in [0.25, 0.3) is 0 Å². The Labute approximate surface area is 481 Å². The third-order valence-corrected chi connectivity index (χ3v) is 16.5. The van der Waals surface area contributed by atoms with E-state index in [0.717, 1.165) is 51.4 Å². The molecule has 1 amide bonds. The molecule has 0 aliphatic carbocycles. The summed E-state index contributed by atoms with van der Waals surface area (Å²) >= 11 is 0. The van der Waals surface area contributed by atoms with E-state index in [2.05, 4.69) is 43.5 Å². The average Bonchev–Trinajstić information content (AvgIpc) is 3.43. The minimum absolute atomic E-state index is 0.00820. The van der Waals surface area contributed by atoms with E-state index in [1.165, 1.54) is 308 Å². The summed E-state index contributed by atoms with van der Waals surface area (Å²) in [6.07, 6.45) is 83.8. The Morgan fingerprint density at radius 3 is 1.00 bits per heavy atom. The van der Waals surface area contributed by atoms with E-state index in [4.69, 9.17) is 4.74 Å². The number of nitrogens with one attached hydrogen (secondary N) is 1. The quantitative estimate of drug-likeness (QED) is 0.0320. The van der Waals surface area contributed by atoms with E-state index < -0.39 is 12.1 Å². The molecule has 2 unspecified atom stereocenters. The van der Waals surface area contributed by atoms with Crippen LogP contribution in [0.15, 0.2) is 24.3 Å². The van der Waals surface area contributed by atoms with Crippen LogP contribution in [0.25, 0.3) is 0 Å². The fourth-order valence-electron chi connectivity index (χ4n) is 11.1. The van der Waals surface area contributed by atoms with Crippen LogP contribution in [-0.2, 0) is 14.3 Å². The van der Waals surface area contributed by atoms with Crippen LogP contribution in [0.1, 0.15) is 393 Å². The molecule has 0 aliphatic rings. The van der Waals surface area contributed by atoms with Crippen molar-refractivity contribution in [2.45, 2.75) is 405 Å². The molecule has 0 saturated carbocycles. The number of aliphatic hydroxyl groups excluding tert-OH is 2. The Morgan fingerprint density at radius 1 is 0.364 bits per heavy atom. The minimum Gasteiger partial charge on any atom is -0.466 e. The first-order chi connectivity index (χ1) is 38.0. The van der Waals surface area contributed by atoms with Crippen molar-refractivity contribution in [2.75, 3.05) is 13.2 Å². The Bertz CT molecular complexity index is 1200. The Morgan fingerprint density at radius 2 is 0.649 bits per heavy atom. The number of esters is 1. The van der Waals surface area contributed by atoms with Crippen molar-refractivity contribution in [3.63, 3.8) is 0 Å². The molecule has 0 saturated heterocycles. The summed E-state index contributed by atoms with van der Waals surface area (Å²) in [5.74, 6) is -0.0208. The molecule has 0 heterocycles. The number of hydrogen-bond donors (Lipinski definition) is 3. The number of hydrogen-bond acceptors (Lipinski definition) is 5. The molecule has 3 N–H and O–H groups in total. The van der Waals surface area contributed by atoms with E-state index in [1.54, 1.807) is 0 Å². The van der Waals surface area contributed by atoms with Crippen LogP contribution in [0.4, 0.5) is 0 Å². The zero-order valence-corrected chi connectivity index (χ0v) is 52.2. The molecule has 0 bridgehead atoms. The molecule has 0 aromatic heterocycles. The van der Waals surface area contributed by atoms with Gasteiger partial charge >= 0.3 is 5.97 Å². The van der Waals surface area contributed by atoms with Gasteiger partial charge in [-0.15, -0.1) is 0 Å². The van der Waals surface area contributed by atoms with Crippen LogP contribution < -0.4 is 5.32 Å². The Kier molecular flexibility index (Phi) is 65.4. The molecule has 0 aromatic rings. The van der Waals surface area contributed by atoms with Crippen molar-refractivity contribution in [3.8, 4) is 0 Å². The van der Waals surface area contributed by atoms with Gasteiger partial charge in [0.05, 0.1) is 25.4 Å². The fraction of sp³-hybridized carbons (Fsp3) is 0.915. The zero-order chi connectivity index (χ0) is 55.7. The highest BCUT2D eigenvalue weighted by Crippen LogP contribution is 2.19. The number of carbonyl (C=O) groups excluding carboxylic acids is 2. The van der Waals surface area contributed by atoms with Crippen molar-refractivity contribution < 1.29 is 24.5 Å². The van der Waals surface area contributed by atoms with Gasteiger partial charge in [-0.1, -0.05) is 346 Å². The van der Waals surface area contributed by atoms with Crippen molar-refractivity contribution in [3.05, 3.63) is 24.3 Å². The largest absolute Gasteiger partial charge is 0.466 e. The van der Waals surface area contributed by atoms with Crippen molar-refractivity contribution >= 4 is 11.9 Å². The zero-order valence-electron chi connectivity index (χ0n) is 52.2. The summed E-state index contributed by atoms with van der Waals surface area (Å²) in [5, 5.41) is 23.3. The smallest absolute Gasteiger partial charge is 0.305 e. The molecule has 456 valence electrons. The number of allylic oxidation sites excluding steroid dienone is 4. The molecule has 0 radical (unpaired) electrons. The number of carbonyl (C=O) groups is 2. The normalized spacial score (nSPS) is 12.6. The molecule has 2 atom stereocenters. The van der Waals surface area contributed by atoms with Gasteiger partial charge in [0, 0.05) is 12.8 Å². The standard InChI is InChI=1S/C71H137NO5/c1-3-5-7-9-11-13-15-17-18-38-41-45-49-53-57-61-65-71(76)77-66-62-58-54-50-46-42-39-36-34-32-30-28-26-24-22-20-19-21-23-25-27-29-31-33-35-37-40-44-48-52-56-60-64-70(75)72-68(67-73)69(74)63-59-55-51-47-43-16-14-12-10-8-6-4-2/h13,15,18,38,68-69,73-74H,3-12,14,16-17,19-37,39-67H2,1-2H3,(H,72,75)/b15-13-,38-18-. The lowest BCUT2D eigenvalue weighted by Gasteiger charge is -2.22. The van der Waals surface area contributed by atoms with Crippen LogP contribution in [-0.4, -0.2) is 47.4 Å². The second-order valence-electron chi connectivity index (χ2n) is 24.2. The number of ether oxygens (including phenoxy) is 1. The van der Waals surface area contributed by atoms with E-state index in [-0.39, 0.29) is 18.5 Å². The molecule has 0 fully saturated rings. The van der Waals surface area contributed by atoms with E-state index >= 15 is 0 Å². The molecule has 0 aliphatic heterocycles. The number of amides is 1. The second-order valence-corrected chi connectivity index (χ2v) is 24.2. The summed E-state index contributed by atoms with van der Waals surface area (Å²) in [6.45, 7) is 4.95. The molecular formula is C71H137NO5. The molecular weight excluding hydrogens is 947 g/mol. The Hall–Kier alpha value is -1.66. The van der Waals surface area contributed by atoms with Crippen LogP contribution in [0.5, 0.6) is 0 Å². The number of aliphatic hydroxyl groups is 2. The van der Waals surface area contributed by atoms with Crippen LogP contribution >= 0.6 is 0 Å².